The number of aliphatic hydroxyl groups excluding tert-OH is 2. The van der Waals surface area contributed by atoms with Crippen LogP contribution in [-0.2, 0) is 4.74 Å². The van der Waals surface area contributed by atoms with Gasteiger partial charge in [0.15, 0.2) is 0 Å². The summed E-state index contributed by atoms with van der Waals surface area (Å²) in [4.78, 5) is 29.7. The normalized spacial score (nSPS) is 28.1. The maximum atomic E-state index is 12.8. The third-order valence-electron chi connectivity index (χ3n) is 8.63. The van der Waals surface area contributed by atoms with E-state index in [9.17, 15) is 19.8 Å². The van der Waals surface area contributed by atoms with Gasteiger partial charge < -0.3 is 25.6 Å². The van der Waals surface area contributed by atoms with E-state index in [0.717, 1.165) is 30.2 Å². The molecule has 1 saturated heterocycles. The van der Waals surface area contributed by atoms with Gasteiger partial charge >= 0.3 is 0 Å². The van der Waals surface area contributed by atoms with Gasteiger partial charge in [-0.3, -0.25) is 14.6 Å². The van der Waals surface area contributed by atoms with E-state index in [-0.39, 0.29) is 24.4 Å². The number of carbonyl (C=O) groups excluding carboxylic acids is 2. The zero-order valence-electron chi connectivity index (χ0n) is 21.9. The third kappa shape index (κ3) is 6.42. The summed E-state index contributed by atoms with van der Waals surface area (Å²) >= 11 is 0. The third-order valence-corrected chi connectivity index (χ3v) is 8.63. The smallest absolute Gasteiger partial charge is 0.252 e. The Morgan fingerprint density at radius 1 is 0.842 bits per heavy atom. The highest BCUT2D eigenvalue weighted by atomic mass is 16.5. The molecule has 2 saturated carbocycles. The minimum atomic E-state index is -1.02. The Labute approximate surface area is 224 Å². The molecule has 3 atom stereocenters. The van der Waals surface area contributed by atoms with Gasteiger partial charge in [0.1, 0.15) is 12.2 Å². The van der Waals surface area contributed by atoms with Crippen molar-refractivity contribution in [2.24, 2.45) is 11.8 Å². The standard InChI is InChI=1S/C30H39N3O5/c34-26-15-16-38-27(28(26)35)18-32-29(36)23-11-14-25(31-17-23)21-5-7-22(8-6-21)30(37)33-24-12-9-20(10-13-24)19-3-1-2-4-19/h5-8,11,14,17,19-20,24,26-28,34-35H,1-4,9-10,12-13,15-16,18H2,(H,32,36)(H,33,37). The van der Waals surface area contributed by atoms with Crippen molar-refractivity contribution in [3.05, 3.63) is 53.7 Å². The SMILES string of the molecule is O=C(NCC1OCCC(O)C1O)c1ccc(-c2ccc(C(=O)NC3CCC(C4CCCC4)CC3)cc2)nc1. The van der Waals surface area contributed by atoms with Crippen LogP contribution in [-0.4, -0.2) is 64.5 Å². The predicted molar refractivity (Wildman–Crippen MR) is 144 cm³/mol. The average molecular weight is 522 g/mol. The molecule has 2 aromatic rings. The second kappa shape index (κ2) is 12.4. The van der Waals surface area contributed by atoms with Gasteiger partial charge in [-0.2, -0.15) is 0 Å². The maximum Gasteiger partial charge on any atom is 0.252 e. The molecule has 2 amide bonds. The molecule has 4 N–H and O–H groups in total. The van der Waals surface area contributed by atoms with Crippen LogP contribution in [0.15, 0.2) is 42.6 Å². The van der Waals surface area contributed by atoms with Crippen LogP contribution in [0, 0.1) is 11.8 Å². The van der Waals surface area contributed by atoms with E-state index >= 15 is 0 Å². The predicted octanol–water partition coefficient (Wildman–Crippen LogP) is 3.47. The lowest BCUT2D eigenvalue weighted by Crippen LogP contribution is -2.49. The molecule has 1 aromatic carbocycles. The molecule has 2 heterocycles. The second-order valence-electron chi connectivity index (χ2n) is 11.1. The van der Waals surface area contributed by atoms with Gasteiger partial charge in [0, 0.05) is 36.5 Å². The first-order valence-corrected chi connectivity index (χ1v) is 14.1. The quantitative estimate of drug-likeness (QED) is 0.443. The summed E-state index contributed by atoms with van der Waals surface area (Å²) in [6.45, 7) is 0.446. The number of nitrogens with one attached hydrogen (secondary N) is 2. The number of aromatic nitrogens is 1. The number of amides is 2. The Morgan fingerprint density at radius 3 is 2.21 bits per heavy atom. The molecule has 2 aliphatic carbocycles. The van der Waals surface area contributed by atoms with Crippen LogP contribution in [0.25, 0.3) is 11.3 Å². The van der Waals surface area contributed by atoms with Crippen LogP contribution in [0.2, 0.25) is 0 Å². The van der Waals surface area contributed by atoms with Crippen molar-refractivity contribution in [3.63, 3.8) is 0 Å². The minimum Gasteiger partial charge on any atom is -0.390 e. The molecular formula is C30H39N3O5. The molecule has 0 bridgehead atoms. The molecule has 5 rings (SSSR count). The van der Waals surface area contributed by atoms with E-state index in [1.54, 1.807) is 12.1 Å². The van der Waals surface area contributed by atoms with Crippen LogP contribution in [0.5, 0.6) is 0 Å². The molecule has 0 radical (unpaired) electrons. The summed E-state index contributed by atoms with van der Waals surface area (Å²) in [5.74, 6) is 1.41. The largest absolute Gasteiger partial charge is 0.390 e. The number of aliphatic hydroxyl groups is 2. The van der Waals surface area contributed by atoms with Crippen LogP contribution < -0.4 is 10.6 Å². The number of hydrogen-bond donors (Lipinski definition) is 4. The molecule has 8 heteroatoms. The fourth-order valence-electron chi connectivity index (χ4n) is 6.26. The van der Waals surface area contributed by atoms with E-state index in [2.05, 4.69) is 15.6 Å². The number of nitrogens with zero attached hydrogens (tertiary/aromatic N) is 1. The van der Waals surface area contributed by atoms with Gasteiger partial charge in [-0.1, -0.05) is 37.8 Å². The summed E-state index contributed by atoms with van der Waals surface area (Å²) < 4.78 is 5.45. The molecule has 38 heavy (non-hydrogen) atoms. The summed E-state index contributed by atoms with van der Waals surface area (Å²) in [5, 5.41) is 25.7. The number of ether oxygens (including phenoxy) is 1. The highest BCUT2D eigenvalue weighted by Gasteiger charge is 2.32. The van der Waals surface area contributed by atoms with Gasteiger partial charge in [0.25, 0.3) is 11.8 Å². The number of hydrogen-bond acceptors (Lipinski definition) is 6. The van der Waals surface area contributed by atoms with Crippen molar-refractivity contribution >= 4 is 11.8 Å². The van der Waals surface area contributed by atoms with Gasteiger partial charge in [-0.05, 0) is 68.2 Å². The van der Waals surface area contributed by atoms with E-state index in [1.807, 2.05) is 24.3 Å². The number of pyridine rings is 1. The molecule has 1 aromatic heterocycles. The topological polar surface area (TPSA) is 121 Å². The summed E-state index contributed by atoms with van der Waals surface area (Å²) in [5.41, 5.74) is 2.59. The monoisotopic (exact) mass is 521 g/mol. The van der Waals surface area contributed by atoms with Crippen molar-refractivity contribution < 1.29 is 24.5 Å². The van der Waals surface area contributed by atoms with Crippen LogP contribution >= 0.6 is 0 Å². The fourth-order valence-corrected chi connectivity index (χ4v) is 6.26. The summed E-state index contributed by atoms with van der Waals surface area (Å²) in [7, 11) is 0. The van der Waals surface area contributed by atoms with E-state index < -0.39 is 18.3 Å². The fraction of sp³-hybridized carbons (Fsp3) is 0.567. The molecular weight excluding hydrogens is 482 g/mol. The van der Waals surface area contributed by atoms with E-state index in [4.69, 9.17) is 4.74 Å². The summed E-state index contributed by atoms with van der Waals surface area (Å²) in [6.07, 6.45) is 9.55. The van der Waals surface area contributed by atoms with Gasteiger partial charge in [0.2, 0.25) is 0 Å². The van der Waals surface area contributed by atoms with Crippen molar-refractivity contribution in [3.8, 4) is 11.3 Å². The summed E-state index contributed by atoms with van der Waals surface area (Å²) in [6, 6.07) is 11.1. The molecule has 204 valence electrons. The van der Waals surface area contributed by atoms with E-state index in [1.165, 1.54) is 44.7 Å². The first-order valence-electron chi connectivity index (χ1n) is 14.1. The van der Waals surface area contributed by atoms with Crippen molar-refractivity contribution in [1.82, 2.24) is 15.6 Å². The Hall–Kier alpha value is -2.81. The Kier molecular flexibility index (Phi) is 8.72. The Morgan fingerprint density at radius 2 is 1.53 bits per heavy atom. The highest BCUT2D eigenvalue weighted by molar-refractivity contribution is 5.95. The molecule has 0 spiro atoms. The lowest BCUT2D eigenvalue weighted by atomic mass is 9.77. The Bertz CT molecular complexity index is 1080. The first-order chi connectivity index (χ1) is 18.5. The van der Waals surface area contributed by atoms with Gasteiger partial charge in [0.05, 0.1) is 17.4 Å². The van der Waals surface area contributed by atoms with Crippen molar-refractivity contribution in [2.75, 3.05) is 13.2 Å². The highest BCUT2D eigenvalue weighted by Crippen LogP contribution is 2.39. The number of benzene rings is 1. The maximum absolute atomic E-state index is 12.8. The molecule has 3 fully saturated rings. The minimum absolute atomic E-state index is 0.0274. The Balaban J connectivity index is 1.10. The lowest BCUT2D eigenvalue weighted by Gasteiger charge is -2.32. The van der Waals surface area contributed by atoms with Crippen molar-refractivity contribution in [1.29, 1.82) is 0 Å². The van der Waals surface area contributed by atoms with E-state index in [0.29, 0.717) is 29.8 Å². The lowest BCUT2D eigenvalue weighted by molar-refractivity contribution is -0.132. The first kappa shape index (κ1) is 26.8. The molecule has 8 nitrogen and oxygen atoms in total. The van der Waals surface area contributed by atoms with Crippen LogP contribution in [0.1, 0.15) is 78.5 Å². The van der Waals surface area contributed by atoms with Gasteiger partial charge in [-0.25, -0.2) is 0 Å². The zero-order chi connectivity index (χ0) is 26.5. The average Bonchev–Trinajstić information content (AvgIpc) is 3.49. The number of carbonyl (C=O) groups is 2. The molecule has 1 aliphatic heterocycles. The van der Waals surface area contributed by atoms with Crippen LogP contribution in [0.3, 0.4) is 0 Å². The van der Waals surface area contributed by atoms with Crippen LogP contribution in [0.4, 0.5) is 0 Å². The number of rotatable bonds is 7. The second-order valence-corrected chi connectivity index (χ2v) is 11.1. The zero-order valence-corrected chi connectivity index (χ0v) is 21.9. The molecule has 3 aliphatic rings. The molecule has 3 unspecified atom stereocenters. The van der Waals surface area contributed by atoms with Crippen molar-refractivity contribution in [2.45, 2.75) is 82.1 Å². The van der Waals surface area contributed by atoms with Gasteiger partial charge in [-0.15, -0.1) is 0 Å².